The van der Waals surface area contributed by atoms with Gasteiger partial charge in [-0.1, -0.05) is 6.92 Å². The van der Waals surface area contributed by atoms with Gasteiger partial charge in [-0.25, -0.2) is 4.39 Å². The van der Waals surface area contributed by atoms with Crippen molar-refractivity contribution in [3.8, 4) is 0 Å². The number of carbonyl (C=O) groups is 2. The molecule has 1 N–H and O–H groups in total. The predicted octanol–water partition coefficient (Wildman–Crippen LogP) is 2.66. The summed E-state index contributed by atoms with van der Waals surface area (Å²) in [6.07, 6.45) is 3.19. The number of nitrogens with one attached hydrogen (secondary N) is 1. The predicted molar refractivity (Wildman–Crippen MR) is 83.1 cm³/mol. The molecule has 0 aliphatic carbocycles. The molecule has 0 aromatic heterocycles. The van der Waals surface area contributed by atoms with E-state index in [1.165, 1.54) is 12.1 Å². The van der Waals surface area contributed by atoms with Gasteiger partial charge in [-0.05, 0) is 49.9 Å². The molecule has 1 atom stereocenters. The van der Waals surface area contributed by atoms with Gasteiger partial charge >= 0.3 is 0 Å². The van der Waals surface area contributed by atoms with E-state index in [9.17, 15) is 14.0 Å². The third kappa shape index (κ3) is 3.84. The van der Waals surface area contributed by atoms with E-state index < -0.39 is 0 Å². The van der Waals surface area contributed by atoms with E-state index in [0.29, 0.717) is 24.1 Å². The van der Waals surface area contributed by atoms with Crippen molar-refractivity contribution in [1.82, 2.24) is 10.2 Å². The number of halogens is 1. The van der Waals surface area contributed by atoms with Gasteiger partial charge in [0, 0.05) is 31.1 Å². The maximum atomic E-state index is 13.2. The molecule has 1 heterocycles. The Morgan fingerprint density at radius 2 is 2.23 bits per heavy atom. The van der Waals surface area contributed by atoms with Gasteiger partial charge in [0.2, 0.25) is 5.91 Å². The van der Waals surface area contributed by atoms with Gasteiger partial charge < -0.3 is 10.2 Å². The molecule has 4 nitrogen and oxygen atoms in total. The van der Waals surface area contributed by atoms with Crippen LogP contribution in [0.3, 0.4) is 0 Å². The zero-order chi connectivity index (χ0) is 16.1. The molecule has 0 radical (unpaired) electrons. The van der Waals surface area contributed by atoms with Crippen LogP contribution < -0.4 is 5.32 Å². The van der Waals surface area contributed by atoms with E-state index in [1.807, 2.05) is 4.90 Å². The summed E-state index contributed by atoms with van der Waals surface area (Å²) >= 11 is 0. The monoisotopic (exact) mass is 306 g/mol. The second kappa shape index (κ2) is 7.38. The lowest BCUT2D eigenvalue weighted by atomic mass is 10.1. The topological polar surface area (TPSA) is 49.4 Å². The number of hydrogen-bond acceptors (Lipinski definition) is 2. The summed E-state index contributed by atoms with van der Waals surface area (Å²) in [6, 6.07) is 4.53. The second-order valence-electron chi connectivity index (χ2n) is 5.76. The summed E-state index contributed by atoms with van der Waals surface area (Å²) in [5.74, 6) is -0.298. The lowest BCUT2D eigenvalue weighted by Crippen LogP contribution is -2.38. The second-order valence-corrected chi connectivity index (χ2v) is 5.76. The third-order valence-corrected chi connectivity index (χ3v) is 4.21. The Bertz CT molecular complexity index is 560. The normalized spacial score (nSPS) is 16.0. The Morgan fingerprint density at radius 1 is 1.45 bits per heavy atom. The van der Waals surface area contributed by atoms with Crippen molar-refractivity contribution in [3.05, 3.63) is 35.1 Å². The molecular weight excluding hydrogens is 283 g/mol. The highest BCUT2D eigenvalue weighted by Crippen LogP contribution is 2.17. The van der Waals surface area contributed by atoms with E-state index in [2.05, 4.69) is 12.2 Å². The fourth-order valence-electron chi connectivity index (χ4n) is 2.88. The molecule has 0 spiro atoms. The van der Waals surface area contributed by atoms with Gasteiger partial charge in [0.1, 0.15) is 5.82 Å². The van der Waals surface area contributed by atoms with E-state index in [-0.39, 0.29) is 23.7 Å². The quantitative estimate of drug-likeness (QED) is 0.878. The van der Waals surface area contributed by atoms with Gasteiger partial charge in [0.05, 0.1) is 0 Å². The number of aryl methyl sites for hydroxylation is 1. The molecule has 0 bridgehead atoms. The Balaban J connectivity index is 1.85. The molecule has 0 unspecified atom stereocenters. The number of hydrogen-bond donors (Lipinski definition) is 1. The van der Waals surface area contributed by atoms with Gasteiger partial charge in [-0.3, -0.25) is 9.59 Å². The molecule has 1 aliphatic heterocycles. The number of carbonyl (C=O) groups excluding carboxylic acids is 2. The van der Waals surface area contributed by atoms with Crippen molar-refractivity contribution < 1.29 is 14.0 Å². The minimum absolute atomic E-state index is 0.185. The maximum Gasteiger partial charge on any atom is 0.251 e. The summed E-state index contributed by atoms with van der Waals surface area (Å²) in [5, 5.41) is 2.85. The summed E-state index contributed by atoms with van der Waals surface area (Å²) in [7, 11) is 0. The van der Waals surface area contributed by atoms with Crippen LogP contribution >= 0.6 is 0 Å². The first-order valence-corrected chi connectivity index (χ1v) is 7.86. The molecule has 1 saturated heterocycles. The highest BCUT2D eigenvalue weighted by molar-refractivity contribution is 5.94. The lowest BCUT2D eigenvalue weighted by Gasteiger charge is -2.26. The van der Waals surface area contributed by atoms with Crippen molar-refractivity contribution in [1.29, 1.82) is 0 Å². The van der Waals surface area contributed by atoms with Crippen molar-refractivity contribution in [2.24, 2.45) is 0 Å². The van der Waals surface area contributed by atoms with Crippen LogP contribution in [0.2, 0.25) is 0 Å². The van der Waals surface area contributed by atoms with Crippen LogP contribution in [0.15, 0.2) is 18.2 Å². The highest BCUT2D eigenvalue weighted by atomic mass is 19.1. The van der Waals surface area contributed by atoms with E-state index in [4.69, 9.17) is 0 Å². The SMILES string of the molecule is CC[C@H](CCNC(=O)c1ccc(F)c(C)c1)N1CCCC1=O. The summed E-state index contributed by atoms with van der Waals surface area (Å²) in [6.45, 7) is 5.03. The lowest BCUT2D eigenvalue weighted by molar-refractivity contribution is -0.129. The molecular formula is C17H23FN2O2. The van der Waals surface area contributed by atoms with Crippen molar-refractivity contribution >= 4 is 11.8 Å². The van der Waals surface area contributed by atoms with Gasteiger partial charge in [0.15, 0.2) is 0 Å². The number of benzene rings is 1. The van der Waals surface area contributed by atoms with Crippen molar-refractivity contribution in [3.63, 3.8) is 0 Å². The van der Waals surface area contributed by atoms with E-state index >= 15 is 0 Å². The molecule has 1 fully saturated rings. The molecule has 1 aliphatic rings. The van der Waals surface area contributed by atoms with Crippen LogP contribution in [0.25, 0.3) is 0 Å². The zero-order valence-electron chi connectivity index (χ0n) is 13.2. The smallest absolute Gasteiger partial charge is 0.251 e. The Kier molecular flexibility index (Phi) is 5.52. The molecule has 0 saturated carbocycles. The van der Waals surface area contributed by atoms with Gasteiger partial charge in [-0.15, -0.1) is 0 Å². The molecule has 120 valence electrons. The first-order chi connectivity index (χ1) is 10.5. The Morgan fingerprint density at radius 3 is 2.82 bits per heavy atom. The van der Waals surface area contributed by atoms with Crippen LogP contribution in [0.4, 0.5) is 4.39 Å². The number of rotatable bonds is 6. The van der Waals surface area contributed by atoms with Crippen LogP contribution in [0.5, 0.6) is 0 Å². The van der Waals surface area contributed by atoms with Crippen LogP contribution in [0, 0.1) is 12.7 Å². The van der Waals surface area contributed by atoms with Crippen LogP contribution in [0.1, 0.15) is 48.5 Å². The fraction of sp³-hybridized carbons (Fsp3) is 0.529. The van der Waals surface area contributed by atoms with Crippen molar-refractivity contribution in [2.75, 3.05) is 13.1 Å². The summed E-state index contributed by atoms with van der Waals surface area (Å²) in [5.41, 5.74) is 0.922. The van der Waals surface area contributed by atoms with Crippen molar-refractivity contribution in [2.45, 2.75) is 45.6 Å². The van der Waals surface area contributed by atoms with E-state index in [0.717, 1.165) is 25.8 Å². The maximum absolute atomic E-state index is 13.2. The third-order valence-electron chi connectivity index (χ3n) is 4.21. The first kappa shape index (κ1) is 16.5. The minimum Gasteiger partial charge on any atom is -0.352 e. The molecule has 22 heavy (non-hydrogen) atoms. The van der Waals surface area contributed by atoms with Crippen LogP contribution in [-0.2, 0) is 4.79 Å². The summed E-state index contributed by atoms with van der Waals surface area (Å²) in [4.78, 5) is 25.7. The summed E-state index contributed by atoms with van der Waals surface area (Å²) < 4.78 is 13.2. The molecule has 5 heteroatoms. The molecule has 2 rings (SSSR count). The number of likely N-dealkylation sites (tertiary alicyclic amines) is 1. The molecule has 1 aromatic rings. The molecule has 1 aromatic carbocycles. The number of amides is 2. The average molecular weight is 306 g/mol. The fourth-order valence-corrected chi connectivity index (χ4v) is 2.88. The highest BCUT2D eigenvalue weighted by Gasteiger charge is 2.26. The largest absolute Gasteiger partial charge is 0.352 e. The van der Waals surface area contributed by atoms with E-state index in [1.54, 1.807) is 13.0 Å². The standard InChI is InChI=1S/C17H23FN2O2/c1-3-14(20-10-4-5-16(20)21)8-9-19-17(22)13-6-7-15(18)12(2)11-13/h6-7,11,14H,3-5,8-10H2,1-2H3,(H,19,22)/t14-/m1/s1. The number of nitrogens with zero attached hydrogens (tertiary/aromatic N) is 1. The Hall–Kier alpha value is -1.91. The molecule has 2 amide bonds. The average Bonchev–Trinajstić information content (AvgIpc) is 2.92. The van der Waals surface area contributed by atoms with Crippen LogP contribution in [-0.4, -0.2) is 35.8 Å². The Labute approximate surface area is 130 Å². The van der Waals surface area contributed by atoms with Gasteiger partial charge in [-0.2, -0.15) is 0 Å². The van der Waals surface area contributed by atoms with Gasteiger partial charge in [0.25, 0.3) is 5.91 Å². The minimum atomic E-state index is -0.310. The first-order valence-electron chi connectivity index (χ1n) is 7.86. The zero-order valence-corrected chi connectivity index (χ0v) is 13.2.